The quantitative estimate of drug-likeness (QED) is 0.164. The van der Waals surface area contributed by atoms with E-state index in [-0.39, 0.29) is 25.2 Å². The number of primary amides is 1. The fourth-order valence-electron chi connectivity index (χ4n) is 3.35. The maximum absolute atomic E-state index is 12.8. The Morgan fingerprint density at radius 2 is 1.69 bits per heavy atom. The van der Waals surface area contributed by atoms with Gasteiger partial charge in [0.1, 0.15) is 18.1 Å². The first-order chi connectivity index (χ1) is 14.9. The molecule has 1 saturated heterocycles. The van der Waals surface area contributed by atoms with Crippen LogP contribution in [-0.4, -0.2) is 76.6 Å². The number of aliphatic hydroxyl groups is 1. The van der Waals surface area contributed by atoms with E-state index in [1.54, 1.807) is 13.8 Å². The van der Waals surface area contributed by atoms with Gasteiger partial charge >= 0.3 is 5.97 Å². The lowest BCUT2D eigenvalue weighted by Crippen LogP contribution is -2.60. The maximum Gasteiger partial charge on any atom is 0.326 e. The van der Waals surface area contributed by atoms with Crippen LogP contribution < -0.4 is 27.0 Å². The molecule has 0 aromatic heterocycles. The number of rotatable bonds is 13. The van der Waals surface area contributed by atoms with Gasteiger partial charge in [0.15, 0.2) is 0 Å². The summed E-state index contributed by atoms with van der Waals surface area (Å²) in [6.45, 7) is 5.52. The van der Waals surface area contributed by atoms with Crippen molar-refractivity contribution in [2.75, 3.05) is 6.54 Å². The molecule has 5 unspecified atom stereocenters. The largest absolute Gasteiger partial charge is 0.480 e. The van der Waals surface area contributed by atoms with Crippen LogP contribution in [0.1, 0.15) is 52.9 Å². The Bertz CT molecular complexity index is 692. The number of carboxylic acids is 1. The molecule has 0 radical (unpaired) electrons. The third-order valence-corrected chi connectivity index (χ3v) is 5.07. The van der Waals surface area contributed by atoms with Crippen molar-refractivity contribution in [1.82, 2.24) is 21.3 Å². The molecule has 32 heavy (non-hydrogen) atoms. The summed E-state index contributed by atoms with van der Waals surface area (Å²) in [6, 6.07) is -4.30. The average molecular weight is 458 g/mol. The topological polar surface area (TPSA) is 200 Å². The smallest absolute Gasteiger partial charge is 0.326 e. The molecular weight excluding hydrogens is 422 g/mol. The zero-order valence-electron chi connectivity index (χ0n) is 18.7. The molecule has 12 nitrogen and oxygen atoms in total. The minimum absolute atomic E-state index is 0.0198. The lowest BCUT2D eigenvalue weighted by atomic mass is 10.0. The zero-order chi connectivity index (χ0) is 24.4. The summed E-state index contributed by atoms with van der Waals surface area (Å²) in [4.78, 5) is 60.5. The van der Waals surface area contributed by atoms with Crippen LogP contribution in [0, 0.1) is 5.92 Å². The summed E-state index contributed by atoms with van der Waals surface area (Å²) in [5, 5.41) is 29.6. The number of aliphatic carboxylic acids is 1. The van der Waals surface area contributed by atoms with Crippen molar-refractivity contribution < 1.29 is 34.2 Å². The van der Waals surface area contributed by atoms with Crippen LogP contribution in [0.2, 0.25) is 0 Å². The average Bonchev–Trinajstić information content (AvgIpc) is 3.22. The molecule has 0 saturated carbocycles. The Kier molecular flexibility index (Phi) is 11.1. The van der Waals surface area contributed by atoms with Gasteiger partial charge in [0.25, 0.3) is 0 Å². The summed E-state index contributed by atoms with van der Waals surface area (Å²) in [5.74, 6) is -4.02. The Hall–Kier alpha value is -2.73. The van der Waals surface area contributed by atoms with Gasteiger partial charge in [-0.25, -0.2) is 4.79 Å². The minimum atomic E-state index is -1.46. The van der Waals surface area contributed by atoms with E-state index in [2.05, 4.69) is 21.3 Å². The number of hydrogen-bond acceptors (Lipinski definition) is 7. The van der Waals surface area contributed by atoms with Crippen LogP contribution in [0.4, 0.5) is 0 Å². The van der Waals surface area contributed by atoms with Gasteiger partial charge in [-0.1, -0.05) is 13.8 Å². The molecule has 12 heteroatoms. The van der Waals surface area contributed by atoms with Crippen molar-refractivity contribution in [2.24, 2.45) is 11.7 Å². The molecule has 1 aliphatic rings. The number of amides is 4. The highest BCUT2D eigenvalue weighted by Crippen LogP contribution is 2.08. The fourth-order valence-corrected chi connectivity index (χ4v) is 3.35. The van der Waals surface area contributed by atoms with Crippen LogP contribution >= 0.6 is 0 Å². The van der Waals surface area contributed by atoms with Gasteiger partial charge in [-0.15, -0.1) is 0 Å². The van der Waals surface area contributed by atoms with Gasteiger partial charge in [0, 0.05) is 6.42 Å². The van der Waals surface area contributed by atoms with Crippen LogP contribution in [0.5, 0.6) is 0 Å². The molecule has 0 bridgehead atoms. The van der Waals surface area contributed by atoms with Crippen molar-refractivity contribution in [3.63, 3.8) is 0 Å². The van der Waals surface area contributed by atoms with E-state index >= 15 is 0 Å². The van der Waals surface area contributed by atoms with Gasteiger partial charge in [-0.05, 0) is 45.1 Å². The van der Waals surface area contributed by atoms with Gasteiger partial charge in [-0.2, -0.15) is 0 Å². The molecule has 0 aromatic rings. The molecule has 4 amide bonds. The predicted molar refractivity (Wildman–Crippen MR) is 114 cm³/mol. The molecule has 0 spiro atoms. The standard InChI is InChI=1S/C20H35N5O7/c1-10(2)9-14(20(31)32)24-19(30)16(11(3)26)25-18(29)13(6-7-15(21)27)23-17(28)12-5-4-8-22-12/h10-14,16,22,26H,4-9H2,1-3H3,(H2,21,27)(H,23,28)(H,24,30)(H,25,29)(H,31,32). The van der Waals surface area contributed by atoms with Crippen molar-refractivity contribution in [3.8, 4) is 0 Å². The second-order valence-corrected chi connectivity index (χ2v) is 8.47. The molecule has 5 atom stereocenters. The van der Waals surface area contributed by atoms with Crippen molar-refractivity contribution in [3.05, 3.63) is 0 Å². The first-order valence-electron chi connectivity index (χ1n) is 10.8. The summed E-state index contributed by atoms with van der Waals surface area (Å²) in [5.41, 5.74) is 5.16. The molecule has 8 N–H and O–H groups in total. The molecule has 1 fully saturated rings. The number of nitrogens with one attached hydrogen (secondary N) is 4. The zero-order valence-corrected chi connectivity index (χ0v) is 18.7. The van der Waals surface area contributed by atoms with Crippen LogP contribution in [0.15, 0.2) is 0 Å². The van der Waals surface area contributed by atoms with Crippen LogP contribution in [-0.2, 0) is 24.0 Å². The van der Waals surface area contributed by atoms with Gasteiger partial charge in [0.2, 0.25) is 23.6 Å². The van der Waals surface area contributed by atoms with E-state index in [4.69, 9.17) is 5.73 Å². The number of carboxylic acid groups (broad SMARTS) is 1. The number of aliphatic hydroxyl groups excluding tert-OH is 1. The SMILES string of the molecule is CC(C)CC(NC(=O)C(NC(=O)C(CCC(N)=O)NC(=O)C1CCCN1)C(C)O)C(=O)O. The normalized spacial score (nSPS) is 19.5. The monoisotopic (exact) mass is 457 g/mol. The van der Waals surface area contributed by atoms with Gasteiger partial charge in [0.05, 0.1) is 12.1 Å². The van der Waals surface area contributed by atoms with Crippen LogP contribution in [0.3, 0.4) is 0 Å². The Balaban J connectivity index is 2.90. The Labute approximate surface area is 187 Å². The number of nitrogens with two attached hydrogens (primary N) is 1. The first-order valence-corrected chi connectivity index (χ1v) is 10.8. The highest BCUT2D eigenvalue weighted by atomic mass is 16.4. The minimum Gasteiger partial charge on any atom is -0.480 e. The van der Waals surface area contributed by atoms with Gasteiger partial charge in [-0.3, -0.25) is 19.2 Å². The summed E-state index contributed by atoms with van der Waals surface area (Å²) < 4.78 is 0. The first kappa shape index (κ1) is 27.3. The highest BCUT2D eigenvalue weighted by Gasteiger charge is 2.33. The molecule has 182 valence electrons. The van der Waals surface area contributed by atoms with Crippen LogP contribution in [0.25, 0.3) is 0 Å². The second-order valence-electron chi connectivity index (χ2n) is 8.47. The Morgan fingerprint density at radius 3 is 2.16 bits per heavy atom. The Morgan fingerprint density at radius 1 is 1.03 bits per heavy atom. The summed E-state index contributed by atoms with van der Waals surface area (Å²) >= 11 is 0. The molecule has 1 rings (SSSR count). The second kappa shape index (κ2) is 13.0. The van der Waals surface area contributed by atoms with E-state index in [0.717, 1.165) is 6.42 Å². The van der Waals surface area contributed by atoms with Crippen molar-refractivity contribution in [1.29, 1.82) is 0 Å². The molecule has 1 aliphatic heterocycles. The maximum atomic E-state index is 12.8. The van der Waals surface area contributed by atoms with E-state index in [9.17, 15) is 34.2 Å². The molecule has 1 heterocycles. The van der Waals surface area contributed by atoms with E-state index < -0.39 is 59.9 Å². The summed E-state index contributed by atoms with van der Waals surface area (Å²) in [6.07, 6.45) is -0.0665. The van der Waals surface area contributed by atoms with Crippen molar-refractivity contribution >= 4 is 29.6 Å². The number of carbonyl (C=O) groups excluding carboxylic acids is 4. The highest BCUT2D eigenvalue weighted by molar-refractivity contribution is 5.94. The van der Waals surface area contributed by atoms with Crippen molar-refractivity contribution in [2.45, 2.75) is 83.1 Å². The van der Waals surface area contributed by atoms with E-state index in [0.29, 0.717) is 13.0 Å². The third-order valence-electron chi connectivity index (χ3n) is 5.07. The van der Waals surface area contributed by atoms with Gasteiger partial charge < -0.3 is 37.2 Å². The third kappa shape index (κ3) is 9.18. The summed E-state index contributed by atoms with van der Waals surface area (Å²) in [7, 11) is 0. The van der Waals surface area contributed by atoms with E-state index in [1.807, 2.05) is 0 Å². The lowest BCUT2D eigenvalue weighted by Gasteiger charge is -2.26. The number of carbonyl (C=O) groups is 5. The molecule has 0 aliphatic carbocycles. The number of hydrogen-bond donors (Lipinski definition) is 7. The lowest BCUT2D eigenvalue weighted by molar-refractivity contribution is -0.143. The van der Waals surface area contributed by atoms with E-state index in [1.165, 1.54) is 6.92 Å². The fraction of sp³-hybridized carbons (Fsp3) is 0.750. The molecular formula is C20H35N5O7. The molecule has 0 aromatic carbocycles. The predicted octanol–water partition coefficient (Wildman–Crippen LogP) is -2.03.